The van der Waals surface area contributed by atoms with Gasteiger partial charge in [-0.15, -0.1) is 0 Å². The largest absolute Gasteiger partial charge is 0.484 e. The fraction of sp³-hybridized carbons (Fsp3) is 0.310. The average molecular weight is 538 g/mol. The second-order valence-electron chi connectivity index (χ2n) is 9.58. The Morgan fingerprint density at radius 1 is 1.00 bits per heavy atom. The molecular formula is C29H30F3N5O2. The normalized spacial score (nSPS) is 15.0. The molecule has 1 aliphatic heterocycles. The standard InChI is InChI=1S/C29H30F3N5O2/c1-2-36-11-13-37(14-12-36)18-22-3-6-24(16-26(22)29(30,31)32)35-27(38)19-39-25-7-4-20(5-8-25)23-15-21-9-10-33-28(21)34-17-23/h3-10,15-17H,2,11-14,18-19H2,1H3,(H,33,34)(H,35,38). The van der Waals surface area contributed by atoms with Crippen LogP contribution in [-0.4, -0.2) is 65.0 Å². The first-order valence-electron chi connectivity index (χ1n) is 12.9. The number of hydrogen-bond donors (Lipinski definition) is 2. The SMILES string of the molecule is CCN1CCN(Cc2ccc(NC(=O)COc3ccc(-c4cnc5[nH]ccc5c4)cc3)cc2C(F)(F)F)CC1. The van der Waals surface area contributed by atoms with Crippen LogP contribution in [0.4, 0.5) is 18.9 Å². The minimum atomic E-state index is -4.53. The molecule has 0 unspecified atom stereocenters. The van der Waals surface area contributed by atoms with Crippen molar-refractivity contribution in [3.63, 3.8) is 0 Å². The van der Waals surface area contributed by atoms with Crippen molar-refractivity contribution in [1.29, 1.82) is 0 Å². The first kappa shape index (κ1) is 26.7. The summed E-state index contributed by atoms with van der Waals surface area (Å²) in [5, 5.41) is 3.53. The van der Waals surface area contributed by atoms with Crippen molar-refractivity contribution in [2.75, 3.05) is 44.6 Å². The van der Waals surface area contributed by atoms with Gasteiger partial charge in [-0.1, -0.05) is 25.1 Å². The zero-order valence-electron chi connectivity index (χ0n) is 21.6. The highest BCUT2D eigenvalue weighted by Gasteiger charge is 2.34. The van der Waals surface area contributed by atoms with Gasteiger partial charge in [0.25, 0.3) is 5.91 Å². The molecule has 4 aromatic rings. The number of hydrogen-bond acceptors (Lipinski definition) is 5. The molecule has 1 saturated heterocycles. The van der Waals surface area contributed by atoms with E-state index in [-0.39, 0.29) is 24.4 Å². The van der Waals surface area contributed by atoms with Crippen molar-refractivity contribution < 1.29 is 22.7 Å². The van der Waals surface area contributed by atoms with Crippen LogP contribution in [0.1, 0.15) is 18.1 Å². The second-order valence-corrected chi connectivity index (χ2v) is 9.58. The zero-order chi connectivity index (χ0) is 27.4. The number of carbonyl (C=O) groups excluding carboxylic acids is 1. The molecule has 1 fully saturated rings. The Hall–Kier alpha value is -3.89. The predicted octanol–water partition coefficient (Wildman–Crippen LogP) is 5.40. The van der Waals surface area contributed by atoms with E-state index in [1.807, 2.05) is 35.4 Å². The smallest absolute Gasteiger partial charge is 0.416 e. The molecule has 39 heavy (non-hydrogen) atoms. The summed E-state index contributed by atoms with van der Waals surface area (Å²) < 4.78 is 47.1. The maximum Gasteiger partial charge on any atom is 0.416 e. The van der Waals surface area contributed by atoms with Crippen molar-refractivity contribution in [2.24, 2.45) is 0 Å². The number of piperazine rings is 1. The van der Waals surface area contributed by atoms with E-state index in [0.717, 1.165) is 61.0 Å². The summed E-state index contributed by atoms with van der Waals surface area (Å²) in [4.78, 5) is 24.2. The van der Waals surface area contributed by atoms with Gasteiger partial charge in [-0.3, -0.25) is 9.69 Å². The van der Waals surface area contributed by atoms with Crippen LogP contribution < -0.4 is 10.1 Å². The first-order valence-corrected chi connectivity index (χ1v) is 12.9. The van der Waals surface area contributed by atoms with Crippen LogP contribution in [-0.2, 0) is 17.5 Å². The number of likely N-dealkylation sites (N-methyl/N-ethyl adjacent to an activating group) is 1. The zero-order valence-corrected chi connectivity index (χ0v) is 21.6. The number of pyridine rings is 1. The third kappa shape index (κ3) is 6.58. The quantitative estimate of drug-likeness (QED) is 0.315. The van der Waals surface area contributed by atoms with Gasteiger partial charge in [0.2, 0.25) is 0 Å². The lowest BCUT2D eigenvalue weighted by molar-refractivity contribution is -0.138. The average Bonchev–Trinajstić information content (AvgIpc) is 3.41. The third-order valence-corrected chi connectivity index (χ3v) is 6.96. The lowest BCUT2D eigenvalue weighted by Crippen LogP contribution is -2.45. The highest BCUT2D eigenvalue weighted by atomic mass is 19.4. The van der Waals surface area contributed by atoms with E-state index in [4.69, 9.17) is 4.74 Å². The molecule has 1 aliphatic rings. The first-order chi connectivity index (χ1) is 18.8. The summed E-state index contributed by atoms with van der Waals surface area (Å²) in [7, 11) is 0. The summed E-state index contributed by atoms with van der Waals surface area (Å²) in [5.41, 5.74) is 2.24. The van der Waals surface area contributed by atoms with Crippen LogP contribution >= 0.6 is 0 Å². The second kappa shape index (κ2) is 11.5. The van der Waals surface area contributed by atoms with E-state index in [9.17, 15) is 18.0 Å². The van der Waals surface area contributed by atoms with E-state index in [0.29, 0.717) is 5.75 Å². The lowest BCUT2D eigenvalue weighted by atomic mass is 10.0. The van der Waals surface area contributed by atoms with Gasteiger partial charge in [0, 0.05) is 61.8 Å². The maximum atomic E-state index is 13.9. The number of anilines is 1. The molecule has 0 bridgehead atoms. The van der Waals surface area contributed by atoms with Gasteiger partial charge < -0.3 is 19.9 Å². The van der Waals surface area contributed by atoms with Crippen LogP contribution in [0.3, 0.4) is 0 Å². The molecule has 0 atom stereocenters. The molecule has 0 radical (unpaired) electrons. The number of aromatic nitrogens is 2. The molecule has 1 amide bonds. The van der Waals surface area contributed by atoms with Gasteiger partial charge in [0.15, 0.2) is 6.61 Å². The molecule has 3 heterocycles. The van der Waals surface area contributed by atoms with Crippen LogP contribution in [0, 0.1) is 0 Å². The fourth-order valence-electron chi connectivity index (χ4n) is 4.75. The van der Waals surface area contributed by atoms with Crippen molar-refractivity contribution in [3.8, 4) is 16.9 Å². The number of halogens is 3. The van der Waals surface area contributed by atoms with Gasteiger partial charge in [-0.05, 0) is 54.1 Å². The molecule has 2 aromatic heterocycles. The highest BCUT2D eigenvalue weighted by Crippen LogP contribution is 2.34. The molecule has 2 N–H and O–H groups in total. The van der Waals surface area contributed by atoms with E-state index in [2.05, 4.69) is 27.1 Å². The molecule has 0 spiro atoms. The van der Waals surface area contributed by atoms with Gasteiger partial charge in [0.1, 0.15) is 11.4 Å². The van der Waals surface area contributed by atoms with E-state index >= 15 is 0 Å². The number of fused-ring (bicyclic) bond motifs is 1. The highest BCUT2D eigenvalue weighted by molar-refractivity contribution is 5.92. The van der Waals surface area contributed by atoms with Crippen molar-refractivity contribution in [2.45, 2.75) is 19.6 Å². The van der Waals surface area contributed by atoms with E-state index in [1.165, 1.54) is 12.1 Å². The van der Waals surface area contributed by atoms with Gasteiger partial charge in [-0.25, -0.2) is 4.98 Å². The fourth-order valence-corrected chi connectivity index (χ4v) is 4.75. The molecule has 7 nitrogen and oxygen atoms in total. The summed E-state index contributed by atoms with van der Waals surface area (Å²) in [5.74, 6) is -0.0724. The maximum absolute atomic E-state index is 13.9. The number of benzene rings is 2. The summed E-state index contributed by atoms with van der Waals surface area (Å²) in [6.45, 7) is 6.03. The Balaban J connectivity index is 1.18. The number of H-pyrrole nitrogens is 1. The van der Waals surface area contributed by atoms with E-state index in [1.54, 1.807) is 18.3 Å². The molecule has 0 aliphatic carbocycles. The number of carbonyl (C=O) groups is 1. The van der Waals surface area contributed by atoms with Gasteiger partial charge in [0.05, 0.1) is 5.56 Å². The van der Waals surface area contributed by atoms with Crippen LogP contribution in [0.15, 0.2) is 67.0 Å². The van der Waals surface area contributed by atoms with Gasteiger partial charge in [-0.2, -0.15) is 13.2 Å². The number of nitrogens with one attached hydrogen (secondary N) is 2. The Bertz CT molecular complexity index is 1430. The predicted molar refractivity (Wildman–Crippen MR) is 144 cm³/mol. The minimum absolute atomic E-state index is 0.0819. The number of rotatable bonds is 8. The Labute approximate surface area is 224 Å². The molecule has 204 valence electrons. The number of nitrogens with zero attached hydrogens (tertiary/aromatic N) is 3. The van der Waals surface area contributed by atoms with Crippen LogP contribution in [0.2, 0.25) is 0 Å². The molecule has 10 heteroatoms. The van der Waals surface area contributed by atoms with Crippen LogP contribution in [0.5, 0.6) is 5.75 Å². The summed E-state index contributed by atoms with van der Waals surface area (Å²) in [6, 6.07) is 15.1. The Kier molecular flexibility index (Phi) is 7.85. The molecular weight excluding hydrogens is 507 g/mol. The Morgan fingerprint density at radius 3 is 2.46 bits per heavy atom. The molecule has 2 aromatic carbocycles. The number of ether oxygens (including phenoxy) is 1. The van der Waals surface area contributed by atoms with Gasteiger partial charge >= 0.3 is 6.18 Å². The van der Waals surface area contributed by atoms with Crippen molar-refractivity contribution in [1.82, 2.24) is 19.8 Å². The monoisotopic (exact) mass is 537 g/mol. The van der Waals surface area contributed by atoms with Crippen molar-refractivity contribution >= 4 is 22.6 Å². The molecule has 5 rings (SSSR count). The molecule has 0 saturated carbocycles. The number of alkyl halides is 3. The summed E-state index contributed by atoms with van der Waals surface area (Å²) >= 11 is 0. The topological polar surface area (TPSA) is 73.5 Å². The van der Waals surface area contributed by atoms with Crippen LogP contribution in [0.25, 0.3) is 22.2 Å². The number of aromatic amines is 1. The van der Waals surface area contributed by atoms with E-state index < -0.39 is 17.6 Å². The van der Waals surface area contributed by atoms with Crippen molar-refractivity contribution in [3.05, 3.63) is 78.1 Å². The number of amides is 1. The third-order valence-electron chi connectivity index (χ3n) is 6.96. The lowest BCUT2D eigenvalue weighted by Gasteiger charge is -2.34. The Morgan fingerprint density at radius 2 is 1.74 bits per heavy atom. The summed E-state index contributed by atoms with van der Waals surface area (Å²) in [6.07, 6.45) is -0.924. The minimum Gasteiger partial charge on any atom is -0.484 e.